The summed E-state index contributed by atoms with van der Waals surface area (Å²) in [6.45, 7) is 4.78. The van der Waals surface area contributed by atoms with E-state index < -0.39 is 0 Å². The van der Waals surface area contributed by atoms with E-state index >= 15 is 0 Å². The quantitative estimate of drug-likeness (QED) is 0.736. The first-order valence-electron chi connectivity index (χ1n) is 10.9. The van der Waals surface area contributed by atoms with Gasteiger partial charge in [0.25, 0.3) is 0 Å². The van der Waals surface area contributed by atoms with Crippen molar-refractivity contribution in [1.82, 2.24) is 4.90 Å². The summed E-state index contributed by atoms with van der Waals surface area (Å²) in [7, 11) is 0. The molecular weight excluding hydrogens is 356 g/mol. The van der Waals surface area contributed by atoms with Crippen molar-refractivity contribution in [2.45, 2.75) is 32.4 Å². The number of benzene rings is 3. The number of nitrogens with zero attached hydrogens (tertiary/aromatic N) is 1. The smallest absolute Gasteiger partial charge is 0.231 e. The van der Waals surface area contributed by atoms with E-state index in [1.807, 2.05) is 0 Å². The minimum Gasteiger partial charge on any atom is -0.338 e. The summed E-state index contributed by atoms with van der Waals surface area (Å²) in [5, 5.41) is 2.66. The molecule has 1 saturated heterocycles. The van der Waals surface area contributed by atoms with E-state index in [1.54, 1.807) is 4.90 Å². The van der Waals surface area contributed by atoms with E-state index in [9.17, 15) is 4.79 Å². The molecule has 0 aromatic heterocycles. The topological polar surface area (TPSA) is 24.8 Å². The summed E-state index contributed by atoms with van der Waals surface area (Å²) in [6, 6.07) is 23.8. The van der Waals surface area contributed by atoms with Gasteiger partial charge in [0.2, 0.25) is 5.91 Å². The Morgan fingerprint density at radius 2 is 1.76 bits per heavy atom. The summed E-state index contributed by atoms with van der Waals surface area (Å²) in [4.78, 5) is 16.9. The average Bonchev–Trinajstić information content (AvgIpc) is 2.79. The zero-order valence-electron chi connectivity index (χ0n) is 16.9. The normalized spacial score (nSPS) is 21.7. The first kappa shape index (κ1) is 18.4. The van der Waals surface area contributed by atoms with Gasteiger partial charge in [-0.15, -0.1) is 0 Å². The minimum absolute atomic E-state index is 0.166. The van der Waals surface area contributed by atoms with Crippen molar-refractivity contribution in [2.75, 3.05) is 19.6 Å². The van der Waals surface area contributed by atoms with Crippen molar-refractivity contribution in [2.24, 2.45) is 5.92 Å². The van der Waals surface area contributed by atoms with Gasteiger partial charge < -0.3 is 9.80 Å². The van der Waals surface area contributed by atoms with Crippen LogP contribution in [0.2, 0.25) is 0 Å². The number of fused-ring (bicyclic) bond motifs is 2. The number of rotatable bonds is 3. The average molecular weight is 386 g/mol. The van der Waals surface area contributed by atoms with Gasteiger partial charge in [0, 0.05) is 18.7 Å². The standard InChI is InChI=1S/C26H28N2O/c29-26(28-16-14-20-7-1-2-9-22(20)19-28)24-12-6-15-27(18-24)17-23-11-5-10-21-8-3-4-13-25(21)23/h1-5,7-11,13,24H,6,12,14-19H2/p+1/t24-/m0/s1. The maximum Gasteiger partial charge on any atom is 0.231 e. The number of amides is 1. The summed E-state index contributed by atoms with van der Waals surface area (Å²) >= 11 is 0. The molecule has 3 aromatic rings. The van der Waals surface area contributed by atoms with Gasteiger partial charge >= 0.3 is 0 Å². The number of carbonyl (C=O) groups excluding carboxylic acids is 1. The number of nitrogens with one attached hydrogen (secondary N) is 1. The van der Waals surface area contributed by atoms with Crippen molar-refractivity contribution >= 4 is 16.7 Å². The first-order chi connectivity index (χ1) is 14.3. The second-order valence-electron chi connectivity index (χ2n) is 8.64. The molecule has 0 radical (unpaired) electrons. The van der Waals surface area contributed by atoms with Gasteiger partial charge in [-0.1, -0.05) is 66.7 Å². The van der Waals surface area contributed by atoms with Crippen molar-refractivity contribution in [1.29, 1.82) is 0 Å². The number of quaternary nitrogens is 1. The fourth-order valence-electron chi connectivity index (χ4n) is 5.18. The lowest BCUT2D eigenvalue weighted by Crippen LogP contribution is -3.12. The largest absolute Gasteiger partial charge is 0.338 e. The number of hydrogen-bond acceptors (Lipinski definition) is 1. The monoisotopic (exact) mass is 385 g/mol. The molecule has 1 unspecified atom stereocenters. The summed E-state index contributed by atoms with van der Waals surface area (Å²) in [5.74, 6) is 0.536. The molecule has 0 spiro atoms. The van der Waals surface area contributed by atoms with Crippen LogP contribution in [0.3, 0.4) is 0 Å². The van der Waals surface area contributed by atoms with Crippen LogP contribution in [0.1, 0.15) is 29.5 Å². The zero-order valence-corrected chi connectivity index (χ0v) is 16.9. The third kappa shape index (κ3) is 3.79. The molecule has 1 fully saturated rings. The van der Waals surface area contributed by atoms with Crippen LogP contribution < -0.4 is 4.90 Å². The molecule has 2 aliphatic heterocycles. The third-order valence-corrected chi connectivity index (χ3v) is 6.73. The Morgan fingerprint density at radius 3 is 2.69 bits per heavy atom. The lowest BCUT2D eigenvalue weighted by Gasteiger charge is -2.35. The Balaban J connectivity index is 1.28. The Labute approximate surface area is 172 Å². The lowest BCUT2D eigenvalue weighted by molar-refractivity contribution is -0.921. The molecule has 5 rings (SSSR count). The molecule has 2 heterocycles. The van der Waals surface area contributed by atoms with E-state index in [-0.39, 0.29) is 5.92 Å². The number of carbonyl (C=O) groups is 1. The molecule has 3 aromatic carbocycles. The highest BCUT2D eigenvalue weighted by Gasteiger charge is 2.33. The maximum atomic E-state index is 13.3. The molecular formula is C26H29N2O+. The van der Waals surface area contributed by atoms with Crippen molar-refractivity contribution in [3.05, 3.63) is 83.4 Å². The molecule has 0 aliphatic carbocycles. The van der Waals surface area contributed by atoms with E-state index in [4.69, 9.17) is 0 Å². The molecule has 3 heteroatoms. The maximum absolute atomic E-state index is 13.3. The SMILES string of the molecule is O=C([C@H]1CCC[NH+](Cc2cccc3ccccc23)C1)N1CCc2ccccc2C1. The predicted molar refractivity (Wildman–Crippen MR) is 117 cm³/mol. The molecule has 0 bridgehead atoms. The minimum atomic E-state index is 0.166. The van der Waals surface area contributed by atoms with Crippen LogP contribution >= 0.6 is 0 Å². The van der Waals surface area contributed by atoms with Crippen molar-refractivity contribution < 1.29 is 9.69 Å². The van der Waals surface area contributed by atoms with Crippen LogP contribution in [0.15, 0.2) is 66.7 Å². The molecule has 1 N–H and O–H groups in total. The highest BCUT2D eigenvalue weighted by molar-refractivity contribution is 5.85. The molecule has 29 heavy (non-hydrogen) atoms. The molecule has 2 atom stereocenters. The van der Waals surface area contributed by atoms with Crippen molar-refractivity contribution in [3.8, 4) is 0 Å². The van der Waals surface area contributed by atoms with Gasteiger partial charge in [0.15, 0.2) is 0 Å². The first-order valence-corrected chi connectivity index (χ1v) is 10.9. The molecule has 0 saturated carbocycles. The second-order valence-corrected chi connectivity index (χ2v) is 8.64. The Bertz CT molecular complexity index is 1020. The van der Waals surface area contributed by atoms with Crippen LogP contribution in [-0.4, -0.2) is 30.4 Å². The molecule has 3 nitrogen and oxygen atoms in total. The van der Waals surface area contributed by atoms with E-state index in [2.05, 4.69) is 71.6 Å². The Hall–Kier alpha value is -2.65. The van der Waals surface area contributed by atoms with Crippen LogP contribution in [-0.2, 0) is 24.3 Å². The fourth-order valence-corrected chi connectivity index (χ4v) is 5.18. The van der Waals surface area contributed by atoms with Gasteiger partial charge in [-0.05, 0) is 41.2 Å². The Morgan fingerprint density at radius 1 is 0.966 bits per heavy atom. The summed E-state index contributed by atoms with van der Waals surface area (Å²) in [6.07, 6.45) is 3.16. The number of piperidine rings is 1. The fraction of sp³-hybridized carbons (Fsp3) is 0.346. The lowest BCUT2D eigenvalue weighted by atomic mass is 9.93. The van der Waals surface area contributed by atoms with Crippen LogP contribution in [0.4, 0.5) is 0 Å². The van der Waals surface area contributed by atoms with Gasteiger partial charge in [-0.2, -0.15) is 0 Å². The van der Waals surface area contributed by atoms with Gasteiger partial charge in [0.05, 0.1) is 19.0 Å². The van der Waals surface area contributed by atoms with Gasteiger partial charge in [0.1, 0.15) is 6.54 Å². The van der Waals surface area contributed by atoms with Gasteiger partial charge in [-0.25, -0.2) is 0 Å². The number of hydrogen-bond donors (Lipinski definition) is 1. The second kappa shape index (κ2) is 8.00. The van der Waals surface area contributed by atoms with E-state index in [1.165, 1.54) is 27.5 Å². The van der Waals surface area contributed by atoms with E-state index in [0.717, 1.165) is 52.0 Å². The third-order valence-electron chi connectivity index (χ3n) is 6.73. The zero-order chi connectivity index (χ0) is 19.6. The molecule has 2 aliphatic rings. The summed E-state index contributed by atoms with van der Waals surface area (Å²) in [5.41, 5.74) is 4.13. The molecule has 148 valence electrons. The van der Waals surface area contributed by atoms with Crippen LogP contribution in [0.5, 0.6) is 0 Å². The van der Waals surface area contributed by atoms with Gasteiger partial charge in [-0.3, -0.25) is 4.79 Å². The highest BCUT2D eigenvalue weighted by atomic mass is 16.2. The van der Waals surface area contributed by atoms with Crippen LogP contribution in [0, 0.1) is 5.92 Å². The van der Waals surface area contributed by atoms with Crippen LogP contribution in [0.25, 0.3) is 10.8 Å². The predicted octanol–water partition coefficient (Wildman–Crippen LogP) is 3.22. The molecule has 1 amide bonds. The highest BCUT2D eigenvalue weighted by Crippen LogP contribution is 2.22. The van der Waals surface area contributed by atoms with E-state index in [0.29, 0.717) is 5.91 Å². The number of likely N-dealkylation sites (tertiary alicyclic amines) is 1. The Kier molecular flexibility index (Phi) is 5.07. The summed E-state index contributed by atoms with van der Waals surface area (Å²) < 4.78 is 0. The van der Waals surface area contributed by atoms with Crippen molar-refractivity contribution in [3.63, 3.8) is 0 Å².